The van der Waals surface area contributed by atoms with Crippen molar-refractivity contribution in [1.29, 1.82) is 0 Å². The minimum Gasteiger partial charge on any atom is -0.494 e. The minimum atomic E-state index is 0.217. The molecule has 1 aromatic carbocycles. The van der Waals surface area contributed by atoms with E-state index in [4.69, 9.17) is 9.84 Å². The first-order chi connectivity index (χ1) is 8.83. The number of nitrogens with zero attached hydrogens (tertiary/aromatic N) is 2. The maximum absolute atomic E-state index is 8.79. The molecule has 4 heteroatoms. The number of hydrogen-bond acceptors (Lipinski definition) is 3. The number of aliphatic hydroxyl groups is 1. The number of hydrogen-bond donors (Lipinski definition) is 1. The largest absolute Gasteiger partial charge is 0.494 e. The Kier molecular flexibility index (Phi) is 4.36. The molecule has 0 atom stereocenters. The first-order valence-electron chi connectivity index (χ1n) is 6.21. The Morgan fingerprint density at radius 3 is 2.72 bits per heavy atom. The van der Waals surface area contributed by atoms with Crippen LogP contribution in [0.4, 0.5) is 0 Å². The Morgan fingerprint density at radius 2 is 2.06 bits per heavy atom. The number of rotatable bonds is 6. The molecule has 0 aliphatic heterocycles. The number of ether oxygens (including phenoxy) is 1. The van der Waals surface area contributed by atoms with E-state index in [9.17, 15) is 0 Å². The van der Waals surface area contributed by atoms with Crippen LogP contribution in [0, 0.1) is 0 Å². The molecule has 2 rings (SSSR count). The lowest BCUT2D eigenvalue weighted by Gasteiger charge is -2.04. The summed E-state index contributed by atoms with van der Waals surface area (Å²) in [6, 6.07) is 7.84. The molecule has 1 N–H and O–H groups in total. The van der Waals surface area contributed by atoms with Gasteiger partial charge < -0.3 is 9.84 Å². The van der Waals surface area contributed by atoms with E-state index in [1.807, 2.05) is 48.3 Å². The molecular formula is C14H18N2O2. The van der Waals surface area contributed by atoms with Crippen molar-refractivity contribution in [3.63, 3.8) is 0 Å². The number of benzene rings is 1. The molecule has 1 heterocycles. The van der Waals surface area contributed by atoms with E-state index in [2.05, 4.69) is 5.10 Å². The molecule has 0 amide bonds. The second-order valence-electron chi connectivity index (χ2n) is 4.05. The summed E-state index contributed by atoms with van der Waals surface area (Å²) in [7, 11) is 0. The summed E-state index contributed by atoms with van der Waals surface area (Å²) in [4.78, 5) is 0. The predicted octanol–water partition coefficient (Wildman–Crippen LogP) is 2.20. The highest BCUT2D eigenvalue weighted by Gasteiger charge is 2.01. The molecule has 0 spiro atoms. The smallest absolute Gasteiger partial charge is 0.119 e. The topological polar surface area (TPSA) is 47.3 Å². The van der Waals surface area contributed by atoms with Gasteiger partial charge in [0.2, 0.25) is 0 Å². The van der Waals surface area contributed by atoms with E-state index in [-0.39, 0.29) is 6.61 Å². The highest BCUT2D eigenvalue weighted by atomic mass is 16.5. The summed E-state index contributed by atoms with van der Waals surface area (Å²) in [5.41, 5.74) is 2.15. The van der Waals surface area contributed by atoms with Crippen molar-refractivity contribution < 1.29 is 9.84 Å². The van der Waals surface area contributed by atoms with Crippen molar-refractivity contribution in [2.75, 3.05) is 13.2 Å². The zero-order valence-corrected chi connectivity index (χ0v) is 10.5. The van der Waals surface area contributed by atoms with Gasteiger partial charge in [0.05, 0.1) is 18.5 Å². The molecule has 0 fully saturated rings. The number of aryl methyl sites for hydroxylation is 1. The molecular weight excluding hydrogens is 228 g/mol. The second kappa shape index (κ2) is 6.21. The average Bonchev–Trinajstić information content (AvgIpc) is 2.86. The van der Waals surface area contributed by atoms with E-state index in [1.165, 1.54) is 0 Å². The first-order valence-corrected chi connectivity index (χ1v) is 6.21. The van der Waals surface area contributed by atoms with Gasteiger partial charge in [-0.2, -0.15) is 5.10 Å². The van der Waals surface area contributed by atoms with Crippen LogP contribution in [0.5, 0.6) is 5.75 Å². The van der Waals surface area contributed by atoms with Crippen LogP contribution in [0.1, 0.15) is 18.9 Å². The molecule has 0 radical (unpaired) electrons. The van der Waals surface area contributed by atoms with Crippen molar-refractivity contribution in [3.05, 3.63) is 42.2 Å². The van der Waals surface area contributed by atoms with E-state index in [1.54, 1.807) is 0 Å². The maximum Gasteiger partial charge on any atom is 0.119 e. The fraction of sp³-hybridized carbons (Fsp3) is 0.357. The van der Waals surface area contributed by atoms with Crippen LogP contribution in [-0.2, 0) is 6.42 Å². The third-order valence-electron chi connectivity index (χ3n) is 2.67. The third-order valence-corrected chi connectivity index (χ3v) is 2.67. The molecule has 2 aromatic rings. The van der Waals surface area contributed by atoms with Crippen LogP contribution in [0.25, 0.3) is 5.69 Å². The average molecular weight is 246 g/mol. The Labute approximate surface area is 107 Å². The molecule has 0 unspecified atom stereocenters. The van der Waals surface area contributed by atoms with Gasteiger partial charge in [0.1, 0.15) is 5.75 Å². The lowest BCUT2D eigenvalue weighted by atomic mass is 10.2. The van der Waals surface area contributed by atoms with Crippen molar-refractivity contribution in [2.45, 2.75) is 19.8 Å². The zero-order valence-electron chi connectivity index (χ0n) is 10.5. The molecule has 1 aromatic heterocycles. The molecule has 0 aliphatic carbocycles. The van der Waals surface area contributed by atoms with E-state index in [0.29, 0.717) is 6.61 Å². The van der Waals surface area contributed by atoms with Crippen molar-refractivity contribution >= 4 is 0 Å². The van der Waals surface area contributed by atoms with E-state index < -0.39 is 0 Å². The summed E-state index contributed by atoms with van der Waals surface area (Å²) >= 11 is 0. The van der Waals surface area contributed by atoms with Crippen LogP contribution >= 0.6 is 0 Å². The van der Waals surface area contributed by atoms with Crippen LogP contribution in [0.3, 0.4) is 0 Å². The fourth-order valence-electron chi connectivity index (χ4n) is 1.78. The Hall–Kier alpha value is -1.81. The molecule has 4 nitrogen and oxygen atoms in total. The van der Waals surface area contributed by atoms with E-state index in [0.717, 1.165) is 29.8 Å². The summed E-state index contributed by atoms with van der Waals surface area (Å²) in [6.07, 6.45) is 5.46. The highest BCUT2D eigenvalue weighted by Crippen LogP contribution is 2.15. The van der Waals surface area contributed by atoms with Gasteiger partial charge in [-0.05, 0) is 49.6 Å². The Balaban J connectivity index is 2.08. The molecule has 0 aliphatic rings. The first kappa shape index (κ1) is 12.6. The van der Waals surface area contributed by atoms with Gasteiger partial charge in [-0.3, -0.25) is 0 Å². The summed E-state index contributed by atoms with van der Waals surface area (Å²) in [6.45, 7) is 2.86. The van der Waals surface area contributed by atoms with Gasteiger partial charge >= 0.3 is 0 Å². The van der Waals surface area contributed by atoms with Gasteiger partial charge in [0.15, 0.2) is 0 Å². The van der Waals surface area contributed by atoms with Crippen LogP contribution < -0.4 is 4.74 Å². The molecule has 96 valence electrons. The zero-order chi connectivity index (χ0) is 12.8. The van der Waals surface area contributed by atoms with Gasteiger partial charge in [-0.25, -0.2) is 4.68 Å². The molecule has 0 saturated carbocycles. The third kappa shape index (κ3) is 3.11. The Bertz CT molecular complexity index is 477. The summed E-state index contributed by atoms with van der Waals surface area (Å²) < 4.78 is 7.23. The lowest BCUT2D eigenvalue weighted by molar-refractivity contribution is 0.288. The highest BCUT2D eigenvalue weighted by molar-refractivity contribution is 5.37. The summed E-state index contributed by atoms with van der Waals surface area (Å²) in [5.74, 6) is 0.869. The van der Waals surface area contributed by atoms with E-state index >= 15 is 0 Å². The minimum absolute atomic E-state index is 0.217. The van der Waals surface area contributed by atoms with Gasteiger partial charge in [-0.15, -0.1) is 0 Å². The van der Waals surface area contributed by atoms with Crippen molar-refractivity contribution in [3.8, 4) is 11.4 Å². The SMILES string of the molecule is CCOc1ccc(-n2cc(CCCO)cn2)cc1. The molecule has 0 saturated heterocycles. The fourth-order valence-corrected chi connectivity index (χ4v) is 1.78. The molecule has 0 bridgehead atoms. The van der Waals surface area contributed by atoms with Crippen LogP contribution in [0.15, 0.2) is 36.7 Å². The molecule has 18 heavy (non-hydrogen) atoms. The summed E-state index contributed by atoms with van der Waals surface area (Å²) in [5, 5.41) is 13.1. The Morgan fingerprint density at radius 1 is 1.28 bits per heavy atom. The van der Waals surface area contributed by atoms with Crippen LogP contribution in [0.2, 0.25) is 0 Å². The van der Waals surface area contributed by atoms with Crippen molar-refractivity contribution in [2.24, 2.45) is 0 Å². The number of aromatic nitrogens is 2. The van der Waals surface area contributed by atoms with Gasteiger partial charge in [-0.1, -0.05) is 0 Å². The quantitative estimate of drug-likeness (QED) is 0.850. The monoisotopic (exact) mass is 246 g/mol. The lowest BCUT2D eigenvalue weighted by Crippen LogP contribution is -1.95. The second-order valence-corrected chi connectivity index (χ2v) is 4.05. The van der Waals surface area contributed by atoms with Crippen molar-refractivity contribution in [1.82, 2.24) is 9.78 Å². The normalized spacial score (nSPS) is 10.6. The maximum atomic E-state index is 8.79. The standard InChI is InChI=1S/C14H18N2O2/c1-2-18-14-7-5-13(6-8-14)16-11-12(10-15-16)4-3-9-17/h5-8,10-11,17H,2-4,9H2,1H3. The number of aliphatic hydroxyl groups excluding tert-OH is 1. The van der Waals surface area contributed by atoms with Crippen LogP contribution in [-0.4, -0.2) is 28.1 Å². The van der Waals surface area contributed by atoms with Gasteiger partial charge in [0.25, 0.3) is 0 Å². The predicted molar refractivity (Wildman–Crippen MR) is 70.1 cm³/mol. The van der Waals surface area contributed by atoms with Gasteiger partial charge in [0, 0.05) is 12.8 Å².